The molecule has 0 amide bonds. The molecule has 0 aliphatic heterocycles. The fourth-order valence-corrected chi connectivity index (χ4v) is 1.27. The molecule has 0 saturated heterocycles. The predicted octanol–water partition coefficient (Wildman–Crippen LogP) is 1.98. The van der Waals surface area contributed by atoms with Gasteiger partial charge in [0.2, 0.25) is 0 Å². The van der Waals surface area contributed by atoms with Crippen LogP contribution in [0.2, 0.25) is 0 Å². The molecule has 0 unspecified atom stereocenters. The number of aryl methyl sites for hydroxylation is 1. The summed E-state index contributed by atoms with van der Waals surface area (Å²) in [7, 11) is 1.65. The van der Waals surface area contributed by atoms with Crippen LogP contribution in [0.25, 0.3) is 0 Å². The van der Waals surface area contributed by atoms with Crippen molar-refractivity contribution in [2.45, 2.75) is 26.3 Å². The average Bonchev–Trinajstić information content (AvgIpc) is 2.25. The summed E-state index contributed by atoms with van der Waals surface area (Å²) in [5.41, 5.74) is 6.86. The Bertz CT molecular complexity index is 310. The van der Waals surface area contributed by atoms with Crippen LogP contribution in [0.5, 0.6) is 11.5 Å². The van der Waals surface area contributed by atoms with E-state index in [1.165, 1.54) is 5.56 Å². The summed E-state index contributed by atoms with van der Waals surface area (Å²) in [6.07, 6.45) is 0.990. The molecule has 1 aromatic rings. The highest BCUT2D eigenvalue weighted by atomic mass is 16.5. The molecule has 1 rings (SSSR count). The Morgan fingerprint density at radius 2 is 2.07 bits per heavy atom. The van der Waals surface area contributed by atoms with Crippen LogP contribution in [0.3, 0.4) is 0 Å². The molecular weight excluding hydrogens is 190 g/mol. The van der Waals surface area contributed by atoms with Gasteiger partial charge in [-0.1, -0.05) is 13.0 Å². The van der Waals surface area contributed by atoms with E-state index in [2.05, 4.69) is 6.92 Å². The molecule has 0 radical (unpaired) electrons. The van der Waals surface area contributed by atoms with E-state index in [4.69, 9.17) is 15.2 Å². The molecule has 0 spiro atoms. The van der Waals surface area contributed by atoms with Gasteiger partial charge in [-0.25, -0.2) is 0 Å². The second-order valence-electron chi connectivity index (χ2n) is 3.63. The molecule has 0 bridgehead atoms. The first-order chi connectivity index (χ1) is 7.17. The monoisotopic (exact) mass is 209 g/mol. The van der Waals surface area contributed by atoms with Gasteiger partial charge in [0.05, 0.1) is 7.11 Å². The van der Waals surface area contributed by atoms with Crippen LogP contribution in [0.15, 0.2) is 18.2 Å². The van der Waals surface area contributed by atoms with Gasteiger partial charge in [0.1, 0.15) is 6.61 Å². The minimum Gasteiger partial charge on any atom is -0.493 e. The molecule has 84 valence electrons. The topological polar surface area (TPSA) is 44.5 Å². The van der Waals surface area contributed by atoms with E-state index >= 15 is 0 Å². The highest BCUT2D eigenvalue weighted by molar-refractivity contribution is 5.42. The van der Waals surface area contributed by atoms with Gasteiger partial charge in [0.15, 0.2) is 11.5 Å². The summed E-state index contributed by atoms with van der Waals surface area (Å²) in [5.74, 6) is 1.53. The summed E-state index contributed by atoms with van der Waals surface area (Å²) in [6, 6.07) is 6.00. The van der Waals surface area contributed by atoms with Crippen molar-refractivity contribution in [2.75, 3.05) is 13.7 Å². The number of rotatable bonds is 5. The summed E-state index contributed by atoms with van der Waals surface area (Å²) >= 11 is 0. The summed E-state index contributed by atoms with van der Waals surface area (Å²) in [5, 5.41) is 0. The van der Waals surface area contributed by atoms with Crippen LogP contribution in [0.1, 0.15) is 19.4 Å². The average molecular weight is 209 g/mol. The normalized spacial score (nSPS) is 12.3. The van der Waals surface area contributed by atoms with E-state index in [0.29, 0.717) is 6.61 Å². The van der Waals surface area contributed by atoms with Gasteiger partial charge in [0.25, 0.3) is 0 Å². The van der Waals surface area contributed by atoms with Gasteiger partial charge >= 0.3 is 0 Å². The summed E-state index contributed by atoms with van der Waals surface area (Å²) < 4.78 is 10.8. The van der Waals surface area contributed by atoms with E-state index in [-0.39, 0.29) is 6.04 Å². The standard InChI is InChI=1S/C12H19NO2/c1-4-10-5-6-11(12(7-10)14-3)15-8-9(2)13/h5-7,9H,4,8,13H2,1-3H3/t9-/m1/s1. The van der Waals surface area contributed by atoms with Gasteiger partial charge in [-0.05, 0) is 31.0 Å². The minimum atomic E-state index is 0.0283. The van der Waals surface area contributed by atoms with E-state index in [1.807, 2.05) is 25.1 Å². The Labute approximate surface area is 91.2 Å². The van der Waals surface area contributed by atoms with E-state index in [1.54, 1.807) is 7.11 Å². The first kappa shape index (κ1) is 11.9. The third-order valence-corrected chi connectivity index (χ3v) is 2.14. The van der Waals surface area contributed by atoms with Gasteiger partial charge in [-0.15, -0.1) is 0 Å². The molecule has 0 heterocycles. The number of hydrogen-bond donors (Lipinski definition) is 1. The molecule has 0 aliphatic carbocycles. The molecule has 0 aliphatic rings. The maximum atomic E-state index is 5.62. The Hall–Kier alpha value is -1.22. The fraction of sp³-hybridized carbons (Fsp3) is 0.500. The third-order valence-electron chi connectivity index (χ3n) is 2.14. The van der Waals surface area contributed by atoms with Crippen molar-refractivity contribution in [3.05, 3.63) is 23.8 Å². The van der Waals surface area contributed by atoms with Crippen LogP contribution in [-0.4, -0.2) is 19.8 Å². The zero-order chi connectivity index (χ0) is 11.3. The van der Waals surface area contributed by atoms with E-state index in [9.17, 15) is 0 Å². The van der Waals surface area contributed by atoms with Crippen molar-refractivity contribution < 1.29 is 9.47 Å². The van der Waals surface area contributed by atoms with E-state index in [0.717, 1.165) is 17.9 Å². The maximum absolute atomic E-state index is 5.62. The Morgan fingerprint density at radius 1 is 1.33 bits per heavy atom. The number of benzene rings is 1. The third kappa shape index (κ3) is 3.44. The molecule has 15 heavy (non-hydrogen) atoms. The lowest BCUT2D eigenvalue weighted by Gasteiger charge is -2.13. The lowest BCUT2D eigenvalue weighted by molar-refractivity contribution is 0.278. The number of ether oxygens (including phenoxy) is 2. The molecular formula is C12H19NO2. The lowest BCUT2D eigenvalue weighted by atomic mass is 10.1. The van der Waals surface area contributed by atoms with Crippen molar-refractivity contribution in [1.82, 2.24) is 0 Å². The van der Waals surface area contributed by atoms with Gasteiger partial charge in [0, 0.05) is 6.04 Å². The number of hydrogen-bond acceptors (Lipinski definition) is 3. The highest BCUT2D eigenvalue weighted by Gasteiger charge is 2.05. The van der Waals surface area contributed by atoms with Crippen molar-refractivity contribution in [3.63, 3.8) is 0 Å². The Morgan fingerprint density at radius 3 is 2.60 bits per heavy atom. The molecule has 0 fully saturated rings. The zero-order valence-electron chi connectivity index (χ0n) is 9.62. The second-order valence-corrected chi connectivity index (χ2v) is 3.63. The fourth-order valence-electron chi connectivity index (χ4n) is 1.27. The summed E-state index contributed by atoms with van der Waals surface area (Å²) in [6.45, 7) is 4.52. The molecule has 1 atom stereocenters. The SMILES string of the molecule is CCc1ccc(OC[C@@H](C)N)c(OC)c1. The molecule has 2 N–H and O–H groups in total. The number of nitrogens with two attached hydrogens (primary N) is 1. The van der Waals surface area contributed by atoms with Crippen molar-refractivity contribution >= 4 is 0 Å². The lowest BCUT2D eigenvalue weighted by Crippen LogP contribution is -2.23. The second kappa shape index (κ2) is 5.61. The Kier molecular flexibility index (Phi) is 4.43. The van der Waals surface area contributed by atoms with Gasteiger partial charge < -0.3 is 15.2 Å². The van der Waals surface area contributed by atoms with Crippen LogP contribution in [-0.2, 0) is 6.42 Å². The zero-order valence-corrected chi connectivity index (χ0v) is 9.62. The molecule has 3 nitrogen and oxygen atoms in total. The molecule has 3 heteroatoms. The minimum absolute atomic E-state index is 0.0283. The summed E-state index contributed by atoms with van der Waals surface area (Å²) in [4.78, 5) is 0. The highest BCUT2D eigenvalue weighted by Crippen LogP contribution is 2.28. The van der Waals surface area contributed by atoms with Crippen LogP contribution in [0.4, 0.5) is 0 Å². The largest absolute Gasteiger partial charge is 0.493 e. The Balaban J connectivity index is 2.78. The van der Waals surface area contributed by atoms with Crippen molar-refractivity contribution in [1.29, 1.82) is 0 Å². The van der Waals surface area contributed by atoms with Gasteiger partial charge in [-0.3, -0.25) is 0 Å². The van der Waals surface area contributed by atoms with Gasteiger partial charge in [-0.2, -0.15) is 0 Å². The smallest absolute Gasteiger partial charge is 0.161 e. The first-order valence-electron chi connectivity index (χ1n) is 5.22. The van der Waals surface area contributed by atoms with Crippen LogP contribution < -0.4 is 15.2 Å². The predicted molar refractivity (Wildman–Crippen MR) is 61.5 cm³/mol. The molecule has 0 aromatic heterocycles. The van der Waals surface area contributed by atoms with Crippen molar-refractivity contribution in [3.8, 4) is 11.5 Å². The molecule has 0 saturated carbocycles. The van der Waals surface area contributed by atoms with E-state index < -0.39 is 0 Å². The quantitative estimate of drug-likeness (QED) is 0.806. The van der Waals surface area contributed by atoms with Crippen molar-refractivity contribution in [2.24, 2.45) is 5.73 Å². The van der Waals surface area contributed by atoms with Crippen LogP contribution in [0, 0.1) is 0 Å². The van der Waals surface area contributed by atoms with Crippen LogP contribution >= 0.6 is 0 Å². The molecule has 1 aromatic carbocycles. The first-order valence-corrected chi connectivity index (χ1v) is 5.22. The number of methoxy groups -OCH3 is 1. The maximum Gasteiger partial charge on any atom is 0.161 e.